The summed E-state index contributed by atoms with van der Waals surface area (Å²) in [5.74, 6) is 6.36. The molecule has 0 atom stereocenters. The van der Waals surface area contributed by atoms with Crippen LogP contribution in [0.5, 0.6) is 0 Å². The second kappa shape index (κ2) is 4.98. The third-order valence-electron chi connectivity index (χ3n) is 10.2. The fourth-order valence-electron chi connectivity index (χ4n) is 10.1. The van der Waals surface area contributed by atoms with E-state index in [1.165, 1.54) is 38.5 Å². The monoisotopic (exact) mass is 346 g/mol. The Morgan fingerprint density at radius 2 is 0.654 bits per heavy atom. The SMILES string of the molecule is c1cc(C23CC4CC(CC(C4)C2)C3)ccc1C12CC3CC(CC(C3)C1)C2. The van der Waals surface area contributed by atoms with Gasteiger partial charge in [0.15, 0.2) is 0 Å². The third kappa shape index (κ3) is 2.03. The minimum atomic E-state index is 0.578. The van der Waals surface area contributed by atoms with Gasteiger partial charge >= 0.3 is 0 Å². The minimum absolute atomic E-state index is 0.578. The Kier molecular flexibility index (Phi) is 2.91. The second-order valence-corrected chi connectivity index (χ2v) is 12.0. The van der Waals surface area contributed by atoms with Gasteiger partial charge in [0.25, 0.3) is 0 Å². The van der Waals surface area contributed by atoms with Crippen LogP contribution in [0.25, 0.3) is 0 Å². The lowest BCUT2D eigenvalue weighted by atomic mass is 9.47. The van der Waals surface area contributed by atoms with Crippen molar-refractivity contribution in [2.24, 2.45) is 35.5 Å². The van der Waals surface area contributed by atoms with Gasteiger partial charge in [-0.2, -0.15) is 0 Å². The molecule has 0 unspecified atom stereocenters. The maximum absolute atomic E-state index is 2.61. The fourth-order valence-corrected chi connectivity index (χ4v) is 10.1. The molecule has 26 heavy (non-hydrogen) atoms. The van der Waals surface area contributed by atoms with Crippen LogP contribution in [-0.4, -0.2) is 0 Å². The first-order valence-corrected chi connectivity index (χ1v) is 11.8. The maximum Gasteiger partial charge on any atom is -0.00391 e. The Balaban J connectivity index is 1.22. The van der Waals surface area contributed by atoms with Crippen LogP contribution >= 0.6 is 0 Å². The van der Waals surface area contributed by atoms with Crippen LogP contribution in [0, 0.1) is 35.5 Å². The van der Waals surface area contributed by atoms with Gasteiger partial charge in [-0.25, -0.2) is 0 Å². The van der Waals surface area contributed by atoms with Gasteiger partial charge in [-0.05, 0) is 135 Å². The van der Waals surface area contributed by atoms with Crippen LogP contribution < -0.4 is 0 Å². The summed E-state index contributed by atoms with van der Waals surface area (Å²) in [5.41, 5.74) is 4.61. The first kappa shape index (κ1) is 15.2. The van der Waals surface area contributed by atoms with Crippen molar-refractivity contribution >= 4 is 0 Å². The van der Waals surface area contributed by atoms with E-state index < -0.39 is 0 Å². The standard InChI is InChI=1S/C26H34/c1-2-24(26-14-20-8-21(15-26)10-22(9-20)16-26)4-3-23(1)25-11-17-5-18(12-25)7-19(6-17)13-25/h1-4,17-22H,5-16H2. The lowest BCUT2D eigenvalue weighted by molar-refractivity contribution is -0.00690. The molecule has 0 heterocycles. The van der Waals surface area contributed by atoms with Gasteiger partial charge in [-0.1, -0.05) is 24.3 Å². The summed E-state index contributed by atoms with van der Waals surface area (Å²) in [6.07, 6.45) is 18.4. The van der Waals surface area contributed by atoms with Crippen LogP contribution in [-0.2, 0) is 10.8 Å². The van der Waals surface area contributed by atoms with E-state index in [-0.39, 0.29) is 0 Å². The second-order valence-electron chi connectivity index (χ2n) is 12.0. The highest BCUT2D eigenvalue weighted by Crippen LogP contribution is 2.62. The summed E-state index contributed by atoms with van der Waals surface area (Å²) in [6.45, 7) is 0. The molecule has 0 aromatic heterocycles. The van der Waals surface area contributed by atoms with Gasteiger partial charge in [0.2, 0.25) is 0 Å². The molecule has 8 bridgehead atoms. The Labute approximate surface area is 159 Å². The Hall–Kier alpha value is -0.780. The van der Waals surface area contributed by atoms with E-state index in [0.29, 0.717) is 10.8 Å². The van der Waals surface area contributed by atoms with E-state index in [0.717, 1.165) is 35.5 Å². The van der Waals surface area contributed by atoms with Gasteiger partial charge in [0, 0.05) is 0 Å². The molecule has 1 aromatic rings. The number of rotatable bonds is 2. The number of hydrogen-bond donors (Lipinski definition) is 0. The molecule has 0 heteroatoms. The van der Waals surface area contributed by atoms with Crippen molar-refractivity contribution in [3.8, 4) is 0 Å². The molecule has 8 fully saturated rings. The summed E-state index contributed by atoms with van der Waals surface area (Å²) in [5, 5.41) is 0. The molecule has 0 nitrogen and oxygen atoms in total. The van der Waals surface area contributed by atoms with E-state index >= 15 is 0 Å². The first-order valence-electron chi connectivity index (χ1n) is 11.8. The highest BCUT2D eigenvalue weighted by molar-refractivity contribution is 5.36. The van der Waals surface area contributed by atoms with Crippen molar-refractivity contribution in [3.63, 3.8) is 0 Å². The van der Waals surface area contributed by atoms with Gasteiger partial charge in [-0.3, -0.25) is 0 Å². The molecule has 0 aliphatic heterocycles. The quantitative estimate of drug-likeness (QED) is 0.564. The van der Waals surface area contributed by atoms with Crippen molar-refractivity contribution in [2.75, 3.05) is 0 Å². The van der Waals surface area contributed by atoms with Crippen LogP contribution in [0.3, 0.4) is 0 Å². The Morgan fingerprint density at radius 1 is 0.423 bits per heavy atom. The molecule has 0 spiro atoms. The molecule has 0 N–H and O–H groups in total. The van der Waals surface area contributed by atoms with E-state index in [1.54, 1.807) is 49.7 Å². The zero-order valence-electron chi connectivity index (χ0n) is 16.3. The number of hydrogen-bond acceptors (Lipinski definition) is 0. The summed E-state index contributed by atoms with van der Waals surface area (Å²) in [7, 11) is 0. The van der Waals surface area contributed by atoms with E-state index in [4.69, 9.17) is 0 Å². The Bertz CT molecular complexity index is 589. The smallest absolute Gasteiger partial charge is 0.00391 e. The van der Waals surface area contributed by atoms with Crippen LogP contribution in [0.4, 0.5) is 0 Å². The van der Waals surface area contributed by atoms with Gasteiger partial charge in [0.1, 0.15) is 0 Å². The molecule has 8 saturated carbocycles. The topological polar surface area (TPSA) is 0 Å². The van der Waals surface area contributed by atoms with Crippen molar-refractivity contribution in [3.05, 3.63) is 35.4 Å². The van der Waals surface area contributed by atoms with Crippen molar-refractivity contribution in [2.45, 2.75) is 87.9 Å². The lowest BCUT2D eigenvalue weighted by Gasteiger charge is -2.58. The van der Waals surface area contributed by atoms with E-state index in [2.05, 4.69) is 24.3 Å². The summed E-state index contributed by atoms with van der Waals surface area (Å²) < 4.78 is 0. The average molecular weight is 347 g/mol. The van der Waals surface area contributed by atoms with Gasteiger partial charge in [-0.15, -0.1) is 0 Å². The molecule has 138 valence electrons. The summed E-state index contributed by atoms with van der Waals surface area (Å²) in [4.78, 5) is 0. The van der Waals surface area contributed by atoms with Gasteiger partial charge < -0.3 is 0 Å². The van der Waals surface area contributed by atoms with Crippen LogP contribution in [0.2, 0.25) is 0 Å². The fraction of sp³-hybridized carbons (Fsp3) is 0.769. The summed E-state index contributed by atoms with van der Waals surface area (Å²) >= 11 is 0. The molecule has 8 aliphatic rings. The molecular weight excluding hydrogens is 312 g/mol. The molecule has 0 saturated heterocycles. The van der Waals surface area contributed by atoms with E-state index in [1.807, 2.05) is 0 Å². The largest absolute Gasteiger partial charge is 0.0582 e. The minimum Gasteiger partial charge on any atom is -0.0582 e. The summed E-state index contributed by atoms with van der Waals surface area (Å²) in [6, 6.07) is 10.4. The van der Waals surface area contributed by atoms with E-state index in [9.17, 15) is 0 Å². The molecule has 0 amide bonds. The zero-order chi connectivity index (χ0) is 16.9. The normalized spacial score (nSPS) is 53.4. The molecule has 9 rings (SSSR count). The molecular formula is C26H34. The zero-order valence-corrected chi connectivity index (χ0v) is 16.3. The van der Waals surface area contributed by atoms with Gasteiger partial charge in [0.05, 0.1) is 0 Å². The van der Waals surface area contributed by atoms with Crippen molar-refractivity contribution < 1.29 is 0 Å². The number of benzene rings is 1. The third-order valence-corrected chi connectivity index (χ3v) is 10.2. The van der Waals surface area contributed by atoms with Crippen molar-refractivity contribution in [1.82, 2.24) is 0 Å². The lowest BCUT2D eigenvalue weighted by Crippen LogP contribution is -2.49. The van der Waals surface area contributed by atoms with Crippen LogP contribution in [0.1, 0.15) is 88.2 Å². The Morgan fingerprint density at radius 3 is 0.885 bits per heavy atom. The molecule has 1 aromatic carbocycles. The average Bonchev–Trinajstić information content (AvgIpc) is 2.60. The van der Waals surface area contributed by atoms with Crippen LogP contribution in [0.15, 0.2) is 24.3 Å². The predicted octanol–water partition coefficient (Wildman–Crippen LogP) is 6.62. The van der Waals surface area contributed by atoms with Crippen molar-refractivity contribution in [1.29, 1.82) is 0 Å². The predicted molar refractivity (Wildman–Crippen MR) is 106 cm³/mol. The first-order chi connectivity index (χ1) is 12.7. The molecule has 8 aliphatic carbocycles. The molecule has 0 radical (unpaired) electrons. The maximum atomic E-state index is 2.61. The highest BCUT2D eigenvalue weighted by Gasteiger charge is 2.53. The highest BCUT2D eigenvalue weighted by atomic mass is 14.6.